The number of imide groups is 1. The van der Waals surface area contributed by atoms with E-state index in [1.807, 2.05) is 5.32 Å². The summed E-state index contributed by atoms with van der Waals surface area (Å²) < 4.78 is 37.4. The van der Waals surface area contributed by atoms with Crippen molar-refractivity contribution in [2.24, 2.45) is 17.6 Å². The average Bonchev–Trinajstić information content (AvgIpc) is 2.97. The van der Waals surface area contributed by atoms with Crippen LogP contribution in [0, 0.1) is 25.7 Å². The highest BCUT2D eigenvalue weighted by Crippen LogP contribution is 2.28. The molecule has 1 aromatic heterocycles. The Kier molecular flexibility index (Phi) is 7.01. The number of esters is 1. The smallest absolute Gasteiger partial charge is 0.318 e. The highest BCUT2D eigenvalue weighted by molar-refractivity contribution is 7.89. The SMILES string of the molecule is Cc1noc(C)c1S(=O)(=O)N1CCCC(C(=O)OC(C(=O)NC(N)=O)C(C)C)C1. The van der Waals surface area contributed by atoms with Crippen LogP contribution in [0.3, 0.4) is 0 Å². The Morgan fingerprint density at radius 1 is 1.31 bits per heavy atom. The molecule has 0 radical (unpaired) electrons. The summed E-state index contributed by atoms with van der Waals surface area (Å²) in [5.74, 6) is -2.51. The number of rotatable bonds is 6. The summed E-state index contributed by atoms with van der Waals surface area (Å²) in [6.45, 7) is 6.48. The summed E-state index contributed by atoms with van der Waals surface area (Å²) in [5.41, 5.74) is 5.19. The van der Waals surface area contributed by atoms with E-state index in [9.17, 15) is 22.8 Å². The molecule has 0 aromatic carbocycles. The van der Waals surface area contributed by atoms with Gasteiger partial charge < -0.3 is 15.0 Å². The van der Waals surface area contributed by atoms with E-state index >= 15 is 0 Å². The Bertz CT molecular complexity index is 874. The van der Waals surface area contributed by atoms with Gasteiger partial charge >= 0.3 is 12.0 Å². The van der Waals surface area contributed by atoms with Gasteiger partial charge in [0.15, 0.2) is 11.9 Å². The molecule has 162 valence electrons. The predicted octanol–water partition coefficient (Wildman–Crippen LogP) is 0.455. The number of sulfonamides is 1. The monoisotopic (exact) mass is 430 g/mol. The van der Waals surface area contributed by atoms with E-state index < -0.39 is 45.9 Å². The van der Waals surface area contributed by atoms with E-state index in [-0.39, 0.29) is 29.4 Å². The Morgan fingerprint density at radius 2 is 1.97 bits per heavy atom. The minimum atomic E-state index is -3.89. The summed E-state index contributed by atoms with van der Waals surface area (Å²) in [5, 5.41) is 5.57. The summed E-state index contributed by atoms with van der Waals surface area (Å²) in [4.78, 5) is 35.6. The molecule has 1 fully saturated rings. The molecule has 2 heterocycles. The molecular weight excluding hydrogens is 404 g/mol. The van der Waals surface area contributed by atoms with E-state index in [0.717, 1.165) is 0 Å². The van der Waals surface area contributed by atoms with Crippen LogP contribution in [-0.2, 0) is 24.3 Å². The molecule has 0 bridgehead atoms. The van der Waals surface area contributed by atoms with Crippen LogP contribution in [0.4, 0.5) is 4.79 Å². The lowest BCUT2D eigenvalue weighted by atomic mass is 9.99. The molecule has 29 heavy (non-hydrogen) atoms. The molecule has 3 N–H and O–H groups in total. The van der Waals surface area contributed by atoms with Crippen LogP contribution in [0.2, 0.25) is 0 Å². The maximum absolute atomic E-state index is 13.0. The van der Waals surface area contributed by atoms with Crippen molar-refractivity contribution >= 4 is 27.9 Å². The van der Waals surface area contributed by atoms with Crippen LogP contribution in [0.1, 0.15) is 38.1 Å². The Labute approximate surface area is 169 Å². The minimum Gasteiger partial charge on any atom is -0.452 e. The minimum absolute atomic E-state index is 0.00703. The summed E-state index contributed by atoms with van der Waals surface area (Å²) in [7, 11) is -3.89. The predicted molar refractivity (Wildman–Crippen MR) is 99.9 cm³/mol. The highest BCUT2D eigenvalue weighted by atomic mass is 32.2. The van der Waals surface area contributed by atoms with Gasteiger partial charge in [0.05, 0.1) is 5.92 Å². The van der Waals surface area contributed by atoms with Gasteiger partial charge in [0.2, 0.25) is 10.0 Å². The van der Waals surface area contributed by atoms with Crippen LogP contribution in [0.15, 0.2) is 9.42 Å². The average molecular weight is 430 g/mol. The molecule has 2 rings (SSSR count). The van der Waals surface area contributed by atoms with Crippen molar-refractivity contribution in [1.29, 1.82) is 0 Å². The molecule has 1 aliphatic heterocycles. The van der Waals surface area contributed by atoms with Gasteiger partial charge in [-0.1, -0.05) is 19.0 Å². The van der Waals surface area contributed by atoms with E-state index in [1.165, 1.54) is 18.2 Å². The fraction of sp³-hybridized carbons (Fsp3) is 0.647. The quantitative estimate of drug-likeness (QED) is 0.615. The van der Waals surface area contributed by atoms with Crippen LogP contribution in [0.25, 0.3) is 0 Å². The number of nitrogens with one attached hydrogen (secondary N) is 1. The number of piperidine rings is 1. The maximum Gasteiger partial charge on any atom is 0.318 e. The zero-order valence-corrected chi connectivity index (χ0v) is 17.6. The number of primary amides is 1. The van der Waals surface area contributed by atoms with Gasteiger partial charge in [-0.05, 0) is 32.6 Å². The lowest BCUT2D eigenvalue weighted by molar-refractivity contribution is -0.163. The number of nitrogens with zero attached hydrogens (tertiary/aromatic N) is 2. The number of carbonyl (C=O) groups excluding carboxylic acids is 3. The molecule has 0 saturated carbocycles. The third kappa shape index (κ3) is 5.12. The second-order valence-corrected chi connectivity index (χ2v) is 9.19. The molecule has 3 amide bonds. The topological polar surface area (TPSA) is 162 Å². The van der Waals surface area contributed by atoms with Gasteiger partial charge in [-0.3, -0.25) is 14.9 Å². The molecular formula is C17H26N4O7S. The third-order valence-corrected chi connectivity index (χ3v) is 6.75. The first-order valence-corrected chi connectivity index (χ1v) is 10.6. The molecule has 2 atom stereocenters. The van der Waals surface area contributed by atoms with Gasteiger partial charge in [0.1, 0.15) is 10.6 Å². The second kappa shape index (κ2) is 8.91. The van der Waals surface area contributed by atoms with Crippen LogP contribution < -0.4 is 11.1 Å². The van der Waals surface area contributed by atoms with Crippen molar-refractivity contribution in [3.05, 3.63) is 11.5 Å². The molecule has 11 nitrogen and oxygen atoms in total. The zero-order valence-electron chi connectivity index (χ0n) is 16.8. The third-order valence-electron chi connectivity index (χ3n) is 4.64. The Morgan fingerprint density at radius 3 is 2.48 bits per heavy atom. The van der Waals surface area contributed by atoms with Crippen molar-refractivity contribution in [1.82, 2.24) is 14.8 Å². The van der Waals surface area contributed by atoms with E-state index in [2.05, 4.69) is 5.16 Å². The molecule has 1 aromatic rings. The van der Waals surface area contributed by atoms with E-state index in [0.29, 0.717) is 12.8 Å². The van der Waals surface area contributed by atoms with Crippen LogP contribution in [0.5, 0.6) is 0 Å². The first kappa shape index (κ1) is 22.8. The summed E-state index contributed by atoms with van der Waals surface area (Å²) >= 11 is 0. The van der Waals surface area contributed by atoms with Gasteiger partial charge in [-0.2, -0.15) is 4.31 Å². The number of urea groups is 1. The molecule has 1 aliphatic rings. The van der Waals surface area contributed by atoms with Crippen LogP contribution in [-0.4, -0.2) is 55.0 Å². The lowest BCUT2D eigenvalue weighted by Gasteiger charge is -2.31. The number of aryl methyl sites for hydroxylation is 2. The summed E-state index contributed by atoms with van der Waals surface area (Å²) in [6.07, 6.45) is -0.360. The van der Waals surface area contributed by atoms with Crippen molar-refractivity contribution in [3.8, 4) is 0 Å². The maximum atomic E-state index is 13.0. The highest BCUT2D eigenvalue weighted by Gasteiger charge is 2.38. The van der Waals surface area contributed by atoms with Crippen molar-refractivity contribution in [2.45, 2.75) is 51.5 Å². The number of aromatic nitrogens is 1. The standard InChI is InChI=1S/C17H26N4O7S/c1-9(2)13(15(22)19-17(18)24)27-16(23)12-6-5-7-21(8-12)29(25,26)14-10(3)20-28-11(14)4/h9,12-13H,5-8H2,1-4H3,(H3,18,19,22,24). The number of ether oxygens (including phenoxy) is 1. The fourth-order valence-electron chi connectivity index (χ4n) is 3.23. The van der Waals surface area contributed by atoms with Crippen molar-refractivity contribution in [3.63, 3.8) is 0 Å². The van der Waals surface area contributed by atoms with Gasteiger partial charge in [0, 0.05) is 13.1 Å². The van der Waals surface area contributed by atoms with Crippen molar-refractivity contribution in [2.75, 3.05) is 13.1 Å². The second-order valence-electron chi connectivity index (χ2n) is 7.31. The van der Waals surface area contributed by atoms with Gasteiger partial charge in [-0.25, -0.2) is 13.2 Å². The Balaban J connectivity index is 2.14. The van der Waals surface area contributed by atoms with E-state index in [4.69, 9.17) is 15.0 Å². The number of carbonyl (C=O) groups is 3. The van der Waals surface area contributed by atoms with E-state index in [1.54, 1.807) is 13.8 Å². The van der Waals surface area contributed by atoms with Crippen molar-refractivity contribution < 1.29 is 32.1 Å². The number of nitrogens with two attached hydrogens (primary N) is 1. The number of hydrogen-bond acceptors (Lipinski definition) is 8. The molecule has 0 spiro atoms. The Hall–Kier alpha value is -2.47. The zero-order chi connectivity index (χ0) is 21.9. The fourth-order valence-corrected chi connectivity index (χ4v) is 5.05. The van der Waals surface area contributed by atoms with Gasteiger partial charge in [0.25, 0.3) is 5.91 Å². The van der Waals surface area contributed by atoms with Crippen LogP contribution >= 0.6 is 0 Å². The number of amides is 3. The summed E-state index contributed by atoms with van der Waals surface area (Å²) in [6, 6.07) is -1.05. The lowest BCUT2D eigenvalue weighted by Crippen LogP contribution is -2.48. The number of hydrogen-bond donors (Lipinski definition) is 2. The van der Waals surface area contributed by atoms with Gasteiger partial charge in [-0.15, -0.1) is 0 Å². The molecule has 1 saturated heterocycles. The first-order chi connectivity index (χ1) is 13.4. The normalized spacial score (nSPS) is 19.0. The largest absolute Gasteiger partial charge is 0.452 e. The first-order valence-electron chi connectivity index (χ1n) is 9.19. The molecule has 2 unspecified atom stereocenters. The molecule has 0 aliphatic carbocycles. The molecule has 12 heteroatoms.